The average molecular weight is 472 g/mol. The van der Waals surface area contributed by atoms with Gasteiger partial charge in [-0.2, -0.15) is 0 Å². The van der Waals surface area contributed by atoms with E-state index in [1.54, 1.807) is 12.1 Å². The molecule has 180 valence electrons. The van der Waals surface area contributed by atoms with E-state index in [1.165, 1.54) is 4.90 Å². The van der Waals surface area contributed by atoms with Crippen molar-refractivity contribution in [2.75, 3.05) is 10.6 Å². The standard InChI is InChI=1S/C28H29N3O4/c1-4-5-25(27(33)34)31-18(3)23-15-10-20(16-24(23)26(31)32)19-8-13-22(14-9-19)30-28(35)29-21-11-6-17(2)7-12-21/h6-16,18,25H,4-5H2,1-3H3,(H,33,34)(H2,29,30,35)/t18-,25?/m0/s1. The molecular formula is C28H29N3O4. The summed E-state index contributed by atoms with van der Waals surface area (Å²) in [6, 6.07) is 19.1. The van der Waals surface area contributed by atoms with Crippen molar-refractivity contribution in [3.8, 4) is 11.1 Å². The van der Waals surface area contributed by atoms with Crippen LogP contribution >= 0.6 is 0 Å². The number of hydrogen-bond acceptors (Lipinski definition) is 3. The quantitative estimate of drug-likeness (QED) is 0.389. The molecule has 0 aromatic heterocycles. The van der Waals surface area contributed by atoms with E-state index in [2.05, 4.69) is 10.6 Å². The van der Waals surface area contributed by atoms with E-state index in [1.807, 2.05) is 75.4 Å². The van der Waals surface area contributed by atoms with Gasteiger partial charge in [-0.1, -0.05) is 55.3 Å². The summed E-state index contributed by atoms with van der Waals surface area (Å²) in [6.07, 6.45) is 1.09. The smallest absolute Gasteiger partial charge is 0.326 e. The van der Waals surface area contributed by atoms with Crippen LogP contribution in [0.4, 0.5) is 16.2 Å². The fourth-order valence-electron chi connectivity index (χ4n) is 4.49. The van der Waals surface area contributed by atoms with Gasteiger partial charge in [0.15, 0.2) is 0 Å². The molecule has 3 aromatic rings. The third kappa shape index (κ3) is 5.04. The summed E-state index contributed by atoms with van der Waals surface area (Å²) < 4.78 is 0. The predicted molar refractivity (Wildman–Crippen MR) is 137 cm³/mol. The van der Waals surface area contributed by atoms with E-state index in [0.29, 0.717) is 29.8 Å². The summed E-state index contributed by atoms with van der Waals surface area (Å²) in [6.45, 7) is 5.77. The Balaban J connectivity index is 1.48. The molecule has 3 aromatic carbocycles. The molecule has 1 unspecified atom stereocenters. The average Bonchev–Trinajstić information content (AvgIpc) is 3.08. The molecule has 1 heterocycles. The topological polar surface area (TPSA) is 98.7 Å². The summed E-state index contributed by atoms with van der Waals surface area (Å²) >= 11 is 0. The second kappa shape index (κ2) is 10.0. The fraction of sp³-hybridized carbons (Fsp3) is 0.250. The molecule has 0 saturated carbocycles. The Hall–Kier alpha value is -4.13. The summed E-state index contributed by atoms with van der Waals surface area (Å²) in [5.74, 6) is -1.23. The van der Waals surface area contributed by atoms with E-state index in [4.69, 9.17) is 0 Å². The summed E-state index contributed by atoms with van der Waals surface area (Å²) in [5.41, 5.74) is 5.58. The molecule has 0 aliphatic carbocycles. The number of fused-ring (bicyclic) bond motifs is 1. The molecule has 1 aliphatic heterocycles. The highest BCUT2D eigenvalue weighted by atomic mass is 16.4. The van der Waals surface area contributed by atoms with Crippen molar-refractivity contribution in [1.82, 2.24) is 4.90 Å². The number of anilines is 2. The zero-order valence-electron chi connectivity index (χ0n) is 20.0. The van der Waals surface area contributed by atoms with Crippen molar-refractivity contribution < 1.29 is 19.5 Å². The molecule has 3 N–H and O–H groups in total. The summed E-state index contributed by atoms with van der Waals surface area (Å²) in [4.78, 5) is 38.7. The van der Waals surface area contributed by atoms with E-state index >= 15 is 0 Å². The monoisotopic (exact) mass is 471 g/mol. The SMILES string of the molecule is CCCC(C(=O)O)N1C(=O)c2cc(-c3ccc(NC(=O)Nc4ccc(C)cc4)cc3)ccc2[C@@H]1C. The molecule has 7 heteroatoms. The van der Waals surface area contributed by atoms with Crippen LogP contribution in [0.5, 0.6) is 0 Å². The number of aliphatic carboxylic acids is 1. The molecular weight excluding hydrogens is 442 g/mol. The third-order valence-electron chi connectivity index (χ3n) is 6.35. The molecule has 0 spiro atoms. The van der Waals surface area contributed by atoms with Crippen LogP contribution in [0, 0.1) is 6.92 Å². The van der Waals surface area contributed by atoms with Gasteiger partial charge in [0.25, 0.3) is 5.91 Å². The van der Waals surface area contributed by atoms with Crippen molar-refractivity contribution >= 4 is 29.3 Å². The number of carbonyl (C=O) groups is 3. The zero-order chi connectivity index (χ0) is 25.1. The largest absolute Gasteiger partial charge is 0.480 e. The van der Waals surface area contributed by atoms with Gasteiger partial charge in [-0.25, -0.2) is 9.59 Å². The number of nitrogens with one attached hydrogen (secondary N) is 2. The number of amides is 3. The first-order chi connectivity index (χ1) is 16.8. The molecule has 2 atom stereocenters. The normalized spacial score (nSPS) is 15.5. The van der Waals surface area contributed by atoms with Crippen LogP contribution in [0.3, 0.4) is 0 Å². The lowest BCUT2D eigenvalue weighted by atomic mass is 9.98. The maximum absolute atomic E-state index is 13.2. The maximum Gasteiger partial charge on any atom is 0.326 e. The lowest BCUT2D eigenvalue weighted by Crippen LogP contribution is -2.42. The van der Waals surface area contributed by atoms with Crippen LogP contribution in [0.1, 0.15) is 54.2 Å². The van der Waals surface area contributed by atoms with Crippen molar-refractivity contribution in [3.63, 3.8) is 0 Å². The number of carboxylic acids is 1. The molecule has 0 radical (unpaired) electrons. The minimum absolute atomic E-state index is 0.249. The van der Waals surface area contributed by atoms with Gasteiger partial charge < -0.3 is 20.6 Å². The Kier molecular flexibility index (Phi) is 6.87. The molecule has 35 heavy (non-hydrogen) atoms. The van der Waals surface area contributed by atoms with Gasteiger partial charge in [0.05, 0.1) is 6.04 Å². The van der Waals surface area contributed by atoms with Crippen LogP contribution < -0.4 is 10.6 Å². The zero-order valence-corrected chi connectivity index (χ0v) is 20.0. The van der Waals surface area contributed by atoms with Gasteiger partial charge in [0.2, 0.25) is 0 Å². The van der Waals surface area contributed by atoms with Crippen LogP contribution in [-0.2, 0) is 4.79 Å². The van der Waals surface area contributed by atoms with Crippen LogP contribution in [-0.4, -0.2) is 34.0 Å². The van der Waals surface area contributed by atoms with E-state index in [9.17, 15) is 19.5 Å². The maximum atomic E-state index is 13.2. The molecule has 7 nitrogen and oxygen atoms in total. The van der Waals surface area contributed by atoms with Crippen LogP contribution in [0.2, 0.25) is 0 Å². The number of carbonyl (C=O) groups excluding carboxylic acids is 2. The first-order valence-electron chi connectivity index (χ1n) is 11.7. The highest BCUT2D eigenvalue weighted by Crippen LogP contribution is 2.38. The Bertz CT molecular complexity index is 1250. The van der Waals surface area contributed by atoms with Crippen molar-refractivity contribution in [2.24, 2.45) is 0 Å². The predicted octanol–water partition coefficient (Wildman–Crippen LogP) is 6.08. The second-order valence-electron chi connectivity index (χ2n) is 8.86. The van der Waals surface area contributed by atoms with Gasteiger partial charge in [0.1, 0.15) is 6.04 Å². The van der Waals surface area contributed by atoms with E-state index < -0.39 is 12.0 Å². The minimum Gasteiger partial charge on any atom is -0.480 e. The molecule has 4 rings (SSSR count). The molecule has 0 fully saturated rings. The highest BCUT2D eigenvalue weighted by molar-refractivity contribution is 6.02. The lowest BCUT2D eigenvalue weighted by molar-refractivity contribution is -0.143. The van der Waals surface area contributed by atoms with Crippen molar-refractivity contribution in [1.29, 1.82) is 0 Å². The molecule has 1 aliphatic rings. The summed E-state index contributed by atoms with van der Waals surface area (Å²) in [5, 5.41) is 15.3. The molecule has 0 saturated heterocycles. The van der Waals surface area contributed by atoms with Gasteiger partial charge in [-0.3, -0.25) is 4.79 Å². The summed E-state index contributed by atoms with van der Waals surface area (Å²) in [7, 11) is 0. The van der Waals surface area contributed by atoms with Gasteiger partial charge in [0, 0.05) is 16.9 Å². The van der Waals surface area contributed by atoms with Gasteiger partial charge in [-0.15, -0.1) is 0 Å². The molecule has 3 amide bonds. The number of nitrogens with zero attached hydrogens (tertiary/aromatic N) is 1. The van der Waals surface area contributed by atoms with Gasteiger partial charge in [-0.05, 0) is 67.3 Å². The highest BCUT2D eigenvalue weighted by Gasteiger charge is 2.40. The van der Waals surface area contributed by atoms with E-state index in [-0.39, 0.29) is 18.0 Å². The number of hydrogen-bond donors (Lipinski definition) is 3. The van der Waals surface area contributed by atoms with Crippen molar-refractivity contribution in [3.05, 3.63) is 83.4 Å². The lowest BCUT2D eigenvalue weighted by Gasteiger charge is -2.28. The number of aryl methyl sites for hydroxylation is 1. The second-order valence-corrected chi connectivity index (χ2v) is 8.86. The van der Waals surface area contributed by atoms with Crippen LogP contribution in [0.15, 0.2) is 66.7 Å². The first-order valence-corrected chi connectivity index (χ1v) is 11.7. The number of urea groups is 1. The Morgan fingerprint density at radius 3 is 2.09 bits per heavy atom. The first kappa shape index (κ1) is 24.0. The minimum atomic E-state index is -0.977. The number of benzene rings is 3. The van der Waals surface area contributed by atoms with Crippen LogP contribution in [0.25, 0.3) is 11.1 Å². The Labute approximate surface area is 204 Å². The fourth-order valence-corrected chi connectivity index (χ4v) is 4.49. The van der Waals surface area contributed by atoms with Crippen molar-refractivity contribution in [2.45, 2.75) is 45.7 Å². The third-order valence-corrected chi connectivity index (χ3v) is 6.35. The number of rotatable bonds is 7. The van der Waals surface area contributed by atoms with E-state index in [0.717, 1.165) is 22.3 Å². The van der Waals surface area contributed by atoms with Gasteiger partial charge >= 0.3 is 12.0 Å². The number of carboxylic acid groups (broad SMARTS) is 1. The molecule has 0 bridgehead atoms. The Morgan fingerprint density at radius 1 is 0.943 bits per heavy atom. The Morgan fingerprint density at radius 2 is 1.51 bits per heavy atom.